The van der Waals surface area contributed by atoms with E-state index in [0.717, 1.165) is 11.1 Å². The summed E-state index contributed by atoms with van der Waals surface area (Å²) in [7, 11) is 1.47. The maximum Gasteiger partial charge on any atom is 0.341 e. The molecule has 5 nitrogen and oxygen atoms in total. The number of allylic oxidation sites excluding steroid dienone is 1. The van der Waals surface area contributed by atoms with Crippen molar-refractivity contribution < 1.29 is 24.2 Å². The van der Waals surface area contributed by atoms with Crippen LogP contribution < -0.4 is 9.47 Å². The fourth-order valence-electron chi connectivity index (χ4n) is 2.03. The molecule has 0 aromatic heterocycles. The van der Waals surface area contributed by atoms with Crippen LogP contribution in [0.15, 0.2) is 48.5 Å². The summed E-state index contributed by atoms with van der Waals surface area (Å²) >= 11 is 0. The van der Waals surface area contributed by atoms with Gasteiger partial charge in [-0.25, -0.2) is 4.79 Å². The maximum absolute atomic E-state index is 12.1. The smallest absolute Gasteiger partial charge is 0.341 e. The molecule has 0 aliphatic heterocycles. The van der Waals surface area contributed by atoms with Crippen molar-refractivity contribution in [1.29, 1.82) is 0 Å². The summed E-state index contributed by atoms with van der Waals surface area (Å²) in [5.41, 5.74) is 2.46. The number of ether oxygens (including phenoxy) is 2. The Bertz CT molecular complexity index is 760. The van der Waals surface area contributed by atoms with Crippen molar-refractivity contribution in [2.75, 3.05) is 13.7 Å². The van der Waals surface area contributed by atoms with Crippen molar-refractivity contribution in [1.82, 2.24) is 0 Å². The molecule has 0 fully saturated rings. The van der Waals surface area contributed by atoms with Crippen molar-refractivity contribution in [3.05, 3.63) is 65.2 Å². The molecule has 2 aromatic carbocycles. The number of carbonyl (C=O) groups excluding carboxylic acids is 1. The van der Waals surface area contributed by atoms with Gasteiger partial charge < -0.3 is 14.6 Å². The Hall–Kier alpha value is -3.08. The average Bonchev–Trinajstić information content (AvgIpc) is 2.58. The summed E-state index contributed by atoms with van der Waals surface area (Å²) in [5.74, 6) is -0.423. The number of hydrogen-bond donors (Lipinski definition) is 1. The number of carbonyl (C=O) groups is 2. The van der Waals surface area contributed by atoms with Crippen LogP contribution in [0.3, 0.4) is 0 Å². The number of benzene rings is 2. The fourth-order valence-corrected chi connectivity index (χ4v) is 2.03. The first-order chi connectivity index (χ1) is 11.5. The summed E-state index contributed by atoms with van der Waals surface area (Å²) < 4.78 is 10.3. The zero-order valence-corrected chi connectivity index (χ0v) is 13.5. The molecule has 1 N–H and O–H groups in total. The van der Waals surface area contributed by atoms with E-state index in [-0.39, 0.29) is 5.78 Å². The highest BCUT2D eigenvalue weighted by Crippen LogP contribution is 2.28. The molecule has 5 heteroatoms. The predicted octanol–water partition coefficient (Wildman–Crippen LogP) is 3.36. The molecule has 2 aromatic rings. The zero-order valence-electron chi connectivity index (χ0n) is 13.5. The van der Waals surface area contributed by atoms with Crippen LogP contribution in [0.25, 0.3) is 6.08 Å². The molecule has 0 saturated heterocycles. The van der Waals surface area contributed by atoms with Crippen LogP contribution in [0.5, 0.6) is 11.5 Å². The van der Waals surface area contributed by atoms with Crippen molar-refractivity contribution in [3.63, 3.8) is 0 Å². The minimum absolute atomic E-state index is 0.0971. The van der Waals surface area contributed by atoms with Crippen LogP contribution in [0.2, 0.25) is 0 Å². The first-order valence-electron chi connectivity index (χ1n) is 7.31. The maximum atomic E-state index is 12.1. The number of rotatable bonds is 7. The third-order valence-corrected chi connectivity index (χ3v) is 3.30. The summed E-state index contributed by atoms with van der Waals surface area (Å²) in [6, 6.07) is 12.3. The van der Waals surface area contributed by atoms with E-state index in [1.807, 2.05) is 19.1 Å². The molecule has 0 saturated carbocycles. The van der Waals surface area contributed by atoms with Gasteiger partial charge >= 0.3 is 5.97 Å². The summed E-state index contributed by atoms with van der Waals surface area (Å²) in [6.45, 7) is 1.52. The van der Waals surface area contributed by atoms with Crippen molar-refractivity contribution in [3.8, 4) is 11.5 Å². The van der Waals surface area contributed by atoms with Crippen molar-refractivity contribution in [2.45, 2.75) is 6.92 Å². The molecular formula is C19H18O5. The minimum atomic E-state index is -1.07. The normalized spacial score (nSPS) is 10.6. The molecule has 0 atom stereocenters. The van der Waals surface area contributed by atoms with Gasteiger partial charge in [0.25, 0.3) is 0 Å². The molecule has 0 spiro atoms. The topological polar surface area (TPSA) is 72.8 Å². The third-order valence-electron chi connectivity index (χ3n) is 3.30. The van der Waals surface area contributed by atoms with Crippen LogP contribution in [0, 0.1) is 6.92 Å². The average molecular weight is 326 g/mol. The molecule has 2 rings (SSSR count). The highest BCUT2D eigenvalue weighted by molar-refractivity contribution is 6.06. The van der Waals surface area contributed by atoms with Crippen LogP contribution in [-0.4, -0.2) is 30.6 Å². The van der Waals surface area contributed by atoms with Gasteiger partial charge in [-0.2, -0.15) is 0 Å². The Morgan fingerprint density at radius 1 is 1.08 bits per heavy atom. The van der Waals surface area contributed by atoms with E-state index >= 15 is 0 Å². The van der Waals surface area contributed by atoms with Gasteiger partial charge in [0.2, 0.25) is 0 Å². The molecular weight excluding hydrogens is 308 g/mol. The van der Waals surface area contributed by atoms with Gasteiger partial charge in [-0.3, -0.25) is 4.79 Å². The second-order valence-electron chi connectivity index (χ2n) is 5.16. The van der Waals surface area contributed by atoms with Crippen LogP contribution in [-0.2, 0) is 4.79 Å². The van der Waals surface area contributed by atoms with E-state index in [2.05, 4.69) is 0 Å². The van der Waals surface area contributed by atoms with E-state index < -0.39 is 12.6 Å². The molecule has 0 aliphatic carbocycles. The predicted molar refractivity (Wildman–Crippen MR) is 90.7 cm³/mol. The lowest BCUT2D eigenvalue weighted by Gasteiger charge is -2.09. The molecule has 0 heterocycles. The number of hydrogen-bond acceptors (Lipinski definition) is 4. The molecule has 0 unspecified atom stereocenters. The van der Waals surface area contributed by atoms with Gasteiger partial charge in [0, 0.05) is 5.56 Å². The summed E-state index contributed by atoms with van der Waals surface area (Å²) in [4.78, 5) is 22.7. The Kier molecular flexibility index (Phi) is 5.73. The minimum Gasteiger partial charge on any atom is -0.493 e. The van der Waals surface area contributed by atoms with Gasteiger partial charge in [-0.1, -0.05) is 42.0 Å². The zero-order chi connectivity index (χ0) is 17.5. The Morgan fingerprint density at radius 2 is 1.79 bits per heavy atom. The van der Waals surface area contributed by atoms with E-state index in [1.165, 1.54) is 13.2 Å². The lowest BCUT2D eigenvalue weighted by molar-refractivity contribution is -0.139. The standard InChI is InChI=1S/C19H18O5/c1-13-3-7-15(8-4-13)16(20)9-5-14-6-10-17(18(11-14)23-2)24-12-19(21)22/h3-11H,12H2,1-2H3,(H,21,22)/b9-5+. The second kappa shape index (κ2) is 7.97. The molecule has 0 radical (unpaired) electrons. The summed E-state index contributed by atoms with van der Waals surface area (Å²) in [5, 5.41) is 8.65. The van der Waals surface area contributed by atoms with Crippen LogP contribution in [0.1, 0.15) is 21.5 Å². The highest BCUT2D eigenvalue weighted by Gasteiger charge is 2.07. The van der Waals surface area contributed by atoms with Crippen molar-refractivity contribution in [2.24, 2.45) is 0 Å². The number of carboxylic acid groups (broad SMARTS) is 1. The van der Waals surface area contributed by atoms with E-state index in [9.17, 15) is 9.59 Å². The van der Waals surface area contributed by atoms with E-state index in [1.54, 1.807) is 36.4 Å². The van der Waals surface area contributed by atoms with Crippen LogP contribution >= 0.6 is 0 Å². The number of methoxy groups -OCH3 is 1. The largest absolute Gasteiger partial charge is 0.493 e. The quantitative estimate of drug-likeness (QED) is 0.624. The molecule has 24 heavy (non-hydrogen) atoms. The molecule has 124 valence electrons. The molecule has 0 aliphatic rings. The van der Waals surface area contributed by atoms with Gasteiger partial charge in [-0.05, 0) is 30.7 Å². The van der Waals surface area contributed by atoms with Crippen LogP contribution in [0.4, 0.5) is 0 Å². The van der Waals surface area contributed by atoms with Crippen molar-refractivity contribution >= 4 is 17.8 Å². The Morgan fingerprint density at radius 3 is 2.42 bits per heavy atom. The van der Waals surface area contributed by atoms with E-state index in [0.29, 0.717) is 17.1 Å². The number of aryl methyl sites for hydroxylation is 1. The first kappa shape index (κ1) is 17.3. The SMILES string of the molecule is COc1cc(/C=C/C(=O)c2ccc(C)cc2)ccc1OCC(=O)O. The van der Waals surface area contributed by atoms with Gasteiger partial charge in [-0.15, -0.1) is 0 Å². The fraction of sp³-hybridized carbons (Fsp3) is 0.158. The Labute approximate surface area is 140 Å². The number of aliphatic carboxylic acids is 1. The van der Waals surface area contributed by atoms with Gasteiger partial charge in [0.1, 0.15) is 0 Å². The molecule has 0 amide bonds. The van der Waals surface area contributed by atoms with Gasteiger partial charge in [0.05, 0.1) is 7.11 Å². The number of carboxylic acids is 1. The third kappa shape index (κ3) is 4.71. The van der Waals surface area contributed by atoms with E-state index in [4.69, 9.17) is 14.6 Å². The lowest BCUT2D eigenvalue weighted by Crippen LogP contribution is -2.10. The monoisotopic (exact) mass is 326 g/mol. The Balaban J connectivity index is 2.12. The first-order valence-corrected chi connectivity index (χ1v) is 7.31. The van der Waals surface area contributed by atoms with Gasteiger partial charge in [0.15, 0.2) is 23.9 Å². The lowest BCUT2D eigenvalue weighted by atomic mass is 10.1. The highest BCUT2D eigenvalue weighted by atomic mass is 16.5. The summed E-state index contributed by atoms with van der Waals surface area (Å²) in [6.07, 6.45) is 3.16. The second-order valence-corrected chi connectivity index (χ2v) is 5.16. The number of ketones is 1. The molecule has 0 bridgehead atoms.